The van der Waals surface area contributed by atoms with Gasteiger partial charge >= 0.3 is 0 Å². The van der Waals surface area contributed by atoms with Gasteiger partial charge in [-0.25, -0.2) is 0 Å². The Bertz CT molecular complexity index is 655. The van der Waals surface area contributed by atoms with E-state index in [2.05, 4.69) is 21.2 Å². The van der Waals surface area contributed by atoms with Gasteiger partial charge in [0.2, 0.25) is 0 Å². The predicted octanol–water partition coefficient (Wildman–Crippen LogP) is 4.49. The molecule has 0 heterocycles. The highest BCUT2D eigenvalue weighted by Gasteiger charge is 2.19. The molecule has 1 amide bonds. The van der Waals surface area contributed by atoms with Crippen molar-refractivity contribution in [2.24, 2.45) is 0 Å². The van der Waals surface area contributed by atoms with E-state index in [0.717, 1.165) is 22.2 Å². The predicted molar refractivity (Wildman–Crippen MR) is 98.4 cm³/mol. The number of hydrogen-bond acceptors (Lipinski definition) is 3. The first-order valence-corrected chi connectivity index (χ1v) is 8.69. The average Bonchev–Trinajstić information content (AvgIpc) is 2.61. The van der Waals surface area contributed by atoms with Crippen LogP contribution in [0.1, 0.15) is 31.9 Å². The molecule has 5 heteroatoms. The fourth-order valence-electron chi connectivity index (χ4n) is 2.32. The summed E-state index contributed by atoms with van der Waals surface area (Å²) in [5, 5.41) is 3.04. The standard InChI is InChI=1S/C19H22BrNO3/c1-4-18(14-5-9-16(23-3)10-6-14)21-19(22)13(2)24-17-11-7-15(20)8-12-17/h5-13,18H,4H2,1-3H3,(H,21,22)/t13-,18+/m1/s1. The molecular formula is C19H22BrNO3. The Balaban J connectivity index is 1.98. The van der Waals surface area contributed by atoms with Crippen molar-refractivity contribution in [3.63, 3.8) is 0 Å². The maximum Gasteiger partial charge on any atom is 0.261 e. The number of carbonyl (C=O) groups excluding carboxylic acids is 1. The number of ether oxygens (including phenoxy) is 2. The first-order chi connectivity index (χ1) is 11.5. The Morgan fingerprint density at radius 2 is 1.67 bits per heavy atom. The lowest BCUT2D eigenvalue weighted by atomic mass is 10.0. The molecular weight excluding hydrogens is 370 g/mol. The molecule has 0 radical (unpaired) electrons. The lowest BCUT2D eigenvalue weighted by Gasteiger charge is -2.21. The number of hydrogen-bond donors (Lipinski definition) is 1. The quantitative estimate of drug-likeness (QED) is 0.755. The van der Waals surface area contributed by atoms with Crippen molar-refractivity contribution in [3.05, 3.63) is 58.6 Å². The van der Waals surface area contributed by atoms with Crippen LogP contribution in [0, 0.1) is 0 Å². The van der Waals surface area contributed by atoms with E-state index in [9.17, 15) is 4.79 Å². The molecule has 0 aliphatic carbocycles. The molecule has 24 heavy (non-hydrogen) atoms. The Hall–Kier alpha value is -2.01. The summed E-state index contributed by atoms with van der Waals surface area (Å²) >= 11 is 3.37. The Labute approximate surface area is 151 Å². The molecule has 2 aromatic rings. The maximum absolute atomic E-state index is 12.4. The van der Waals surface area contributed by atoms with Gasteiger partial charge in [0, 0.05) is 4.47 Å². The van der Waals surface area contributed by atoms with Crippen LogP contribution >= 0.6 is 15.9 Å². The van der Waals surface area contributed by atoms with Crippen LogP contribution in [0.25, 0.3) is 0 Å². The second kappa shape index (κ2) is 8.73. The SMILES string of the molecule is CC[C@H](NC(=O)[C@@H](C)Oc1ccc(Br)cc1)c1ccc(OC)cc1. The third-order valence-electron chi connectivity index (χ3n) is 3.74. The van der Waals surface area contributed by atoms with Crippen LogP contribution in [-0.4, -0.2) is 19.1 Å². The fourth-order valence-corrected chi connectivity index (χ4v) is 2.58. The monoisotopic (exact) mass is 391 g/mol. The fraction of sp³-hybridized carbons (Fsp3) is 0.316. The second-order valence-corrected chi connectivity index (χ2v) is 6.37. The van der Waals surface area contributed by atoms with Crippen molar-refractivity contribution in [2.75, 3.05) is 7.11 Å². The van der Waals surface area contributed by atoms with Crippen molar-refractivity contribution in [1.82, 2.24) is 5.32 Å². The van der Waals surface area contributed by atoms with E-state index in [4.69, 9.17) is 9.47 Å². The summed E-state index contributed by atoms with van der Waals surface area (Å²) in [6, 6.07) is 15.1. The Kier molecular flexibility index (Phi) is 6.67. The lowest BCUT2D eigenvalue weighted by Crippen LogP contribution is -2.38. The third kappa shape index (κ3) is 4.99. The summed E-state index contributed by atoms with van der Waals surface area (Å²) in [6.07, 6.45) is 0.224. The number of rotatable bonds is 7. The van der Waals surface area contributed by atoms with Gasteiger partial charge < -0.3 is 14.8 Å². The number of halogens is 1. The van der Waals surface area contributed by atoms with Crippen molar-refractivity contribution >= 4 is 21.8 Å². The van der Waals surface area contributed by atoms with E-state index in [-0.39, 0.29) is 11.9 Å². The molecule has 0 aromatic heterocycles. The molecule has 0 bridgehead atoms. The zero-order chi connectivity index (χ0) is 17.5. The van der Waals surface area contributed by atoms with Crippen LogP contribution in [0.3, 0.4) is 0 Å². The molecule has 0 saturated carbocycles. The average molecular weight is 392 g/mol. The van der Waals surface area contributed by atoms with E-state index in [1.807, 2.05) is 55.5 Å². The molecule has 0 spiro atoms. The molecule has 0 aliphatic heterocycles. The van der Waals surface area contributed by atoms with E-state index in [1.54, 1.807) is 14.0 Å². The van der Waals surface area contributed by atoms with Gasteiger partial charge in [0.05, 0.1) is 13.2 Å². The van der Waals surface area contributed by atoms with E-state index < -0.39 is 6.10 Å². The van der Waals surface area contributed by atoms with Gasteiger partial charge in [-0.3, -0.25) is 4.79 Å². The largest absolute Gasteiger partial charge is 0.497 e. The number of amides is 1. The zero-order valence-electron chi connectivity index (χ0n) is 14.1. The highest BCUT2D eigenvalue weighted by molar-refractivity contribution is 9.10. The molecule has 2 rings (SSSR count). The highest BCUT2D eigenvalue weighted by atomic mass is 79.9. The van der Waals surface area contributed by atoms with Gasteiger partial charge in [-0.15, -0.1) is 0 Å². The molecule has 0 saturated heterocycles. The minimum absolute atomic E-state index is 0.0561. The summed E-state index contributed by atoms with van der Waals surface area (Å²) in [6.45, 7) is 3.79. The summed E-state index contributed by atoms with van der Waals surface area (Å²) in [5.41, 5.74) is 1.04. The Morgan fingerprint density at radius 1 is 1.08 bits per heavy atom. The van der Waals surface area contributed by atoms with Gasteiger partial charge in [0.1, 0.15) is 11.5 Å². The third-order valence-corrected chi connectivity index (χ3v) is 4.27. The van der Waals surface area contributed by atoms with Crippen LogP contribution in [0.15, 0.2) is 53.0 Å². The highest BCUT2D eigenvalue weighted by Crippen LogP contribution is 2.21. The first kappa shape index (κ1) is 18.3. The zero-order valence-corrected chi connectivity index (χ0v) is 15.7. The summed E-state index contributed by atoms with van der Waals surface area (Å²) in [7, 11) is 1.63. The van der Waals surface area contributed by atoms with Crippen LogP contribution in [0.4, 0.5) is 0 Å². The van der Waals surface area contributed by atoms with Gasteiger partial charge in [-0.1, -0.05) is 35.0 Å². The van der Waals surface area contributed by atoms with Crippen LogP contribution in [0.2, 0.25) is 0 Å². The molecule has 2 atom stereocenters. The lowest BCUT2D eigenvalue weighted by molar-refractivity contribution is -0.128. The summed E-state index contributed by atoms with van der Waals surface area (Å²) < 4.78 is 11.8. The molecule has 1 N–H and O–H groups in total. The molecule has 0 fully saturated rings. The Morgan fingerprint density at radius 3 is 2.21 bits per heavy atom. The van der Waals surface area contributed by atoms with Gasteiger partial charge in [0.15, 0.2) is 6.10 Å². The van der Waals surface area contributed by atoms with Crippen LogP contribution in [-0.2, 0) is 4.79 Å². The molecule has 0 unspecified atom stereocenters. The van der Waals surface area contributed by atoms with Crippen LogP contribution in [0.5, 0.6) is 11.5 Å². The number of benzene rings is 2. The summed E-state index contributed by atoms with van der Waals surface area (Å²) in [5.74, 6) is 1.32. The van der Waals surface area contributed by atoms with E-state index in [1.165, 1.54) is 0 Å². The van der Waals surface area contributed by atoms with Gasteiger partial charge in [-0.05, 0) is 55.3 Å². The van der Waals surface area contributed by atoms with Gasteiger partial charge in [-0.2, -0.15) is 0 Å². The molecule has 128 valence electrons. The normalized spacial score (nSPS) is 13.0. The van der Waals surface area contributed by atoms with E-state index >= 15 is 0 Å². The van der Waals surface area contributed by atoms with Crippen molar-refractivity contribution in [1.29, 1.82) is 0 Å². The van der Waals surface area contributed by atoms with Gasteiger partial charge in [0.25, 0.3) is 5.91 Å². The van der Waals surface area contributed by atoms with Crippen molar-refractivity contribution in [2.45, 2.75) is 32.4 Å². The number of carbonyl (C=O) groups is 1. The smallest absolute Gasteiger partial charge is 0.261 e. The first-order valence-electron chi connectivity index (χ1n) is 7.90. The second-order valence-electron chi connectivity index (χ2n) is 5.46. The molecule has 0 aliphatic rings. The number of nitrogens with one attached hydrogen (secondary N) is 1. The molecule has 4 nitrogen and oxygen atoms in total. The minimum Gasteiger partial charge on any atom is -0.497 e. The molecule has 2 aromatic carbocycles. The minimum atomic E-state index is -0.571. The van der Waals surface area contributed by atoms with Crippen molar-refractivity contribution in [3.8, 4) is 11.5 Å². The number of methoxy groups -OCH3 is 1. The topological polar surface area (TPSA) is 47.6 Å². The van der Waals surface area contributed by atoms with Crippen LogP contribution < -0.4 is 14.8 Å². The van der Waals surface area contributed by atoms with E-state index in [0.29, 0.717) is 5.75 Å². The van der Waals surface area contributed by atoms with Crippen molar-refractivity contribution < 1.29 is 14.3 Å². The maximum atomic E-state index is 12.4. The summed E-state index contributed by atoms with van der Waals surface area (Å²) in [4.78, 5) is 12.4.